The van der Waals surface area contributed by atoms with Crippen molar-refractivity contribution in [2.75, 3.05) is 0 Å². The fourth-order valence-electron chi connectivity index (χ4n) is 0.565. The van der Waals surface area contributed by atoms with Gasteiger partial charge in [0, 0.05) is 24.7 Å². The summed E-state index contributed by atoms with van der Waals surface area (Å²) < 4.78 is 0. The van der Waals surface area contributed by atoms with Gasteiger partial charge in [-0.25, -0.2) is 15.1 Å². The summed E-state index contributed by atoms with van der Waals surface area (Å²) >= 11 is 0. The van der Waals surface area contributed by atoms with Crippen molar-refractivity contribution in [3.63, 3.8) is 0 Å². The lowest BCUT2D eigenvalue weighted by Crippen LogP contribution is -2.02. The molecule has 0 aromatic carbocycles. The Morgan fingerprint density at radius 2 is 1.85 bits per heavy atom. The number of nitrogens with zero attached hydrogens (tertiary/aromatic N) is 3. The Morgan fingerprint density at radius 1 is 1.08 bits per heavy atom. The highest BCUT2D eigenvalue weighted by molar-refractivity contribution is 4.81. The van der Waals surface area contributed by atoms with Crippen molar-refractivity contribution in [1.29, 1.82) is 0 Å². The Morgan fingerprint density at radius 3 is 2.08 bits per heavy atom. The van der Waals surface area contributed by atoms with E-state index in [4.69, 9.17) is 0 Å². The number of hydrogen-bond acceptors (Lipinski definition) is 4. The zero-order chi connectivity index (χ0) is 9.36. The van der Waals surface area contributed by atoms with Crippen molar-refractivity contribution < 1.29 is 0 Å². The van der Waals surface area contributed by atoms with Gasteiger partial charge in [-0.2, -0.15) is 5.10 Å². The molecule has 2 aromatic rings. The molecule has 5 heteroatoms. The van der Waals surface area contributed by atoms with Crippen LogP contribution in [0.1, 0.15) is 0 Å². The van der Waals surface area contributed by atoms with Crippen LogP contribution in [0.4, 0.5) is 0 Å². The fraction of sp³-hybridized carbons (Fsp3) is 0. The minimum Gasteiger partial charge on any atom is -0.268 e. The maximum Gasteiger partial charge on any atom is 0.264 e. The average molecular weight is 176 g/mol. The molecule has 66 valence electrons. The van der Waals surface area contributed by atoms with Crippen molar-refractivity contribution >= 4 is 0 Å². The monoisotopic (exact) mass is 176 g/mol. The smallest absolute Gasteiger partial charge is 0.264 e. The Hall–Kier alpha value is -2.04. The van der Waals surface area contributed by atoms with Gasteiger partial charge in [0.2, 0.25) is 0 Å². The molecule has 0 aliphatic rings. The first-order chi connectivity index (χ1) is 6.39. The molecule has 0 amide bonds. The van der Waals surface area contributed by atoms with E-state index in [1.165, 1.54) is 18.6 Å². The second-order valence-electron chi connectivity index (χ2n) is 2.02. The third-order valence-corrected chi connectivity index (χ3v) is 1.06. The van der Waals surface area contributed by atoms with Crippen LogP contribution in [-0.4, -0.2) is 20.2 Å². The fourth-order valence-corrected chi connectivity index (χ4v) is 0.565. The molecule has 13 heavy (non-hydrogen) atoms. The Labute approximate surface area is 74.5 Å². The predicted molar refractivity (Wildman–Crippen MR) is 46.9 cm³/mol. The molecule has 0 bridgehead atoms. The second-order valence-corrected chi connectivity index (χ2v) is 2.02. The summed E-state index contributed by atoms with van der Waals surface area (Å²) in [5.41, 5.74) is -0.164. The van der Waals surface area contributed by atoms with Crippen LogP contribution in [-0.2, 0) is 0 Å². The SMILES string of the molecule is O=c1cccn[nH]1.c1cncnc1. The maximum atomic E-state index is 10.2. The van der Waals surface area contributed by atoms with Gasteiger partial charge >= 0.3 is 0 Å². The maximum absolute atomic E-state index is 10.2. The first kappa shape index (κ1) is 9.05. The molecular weight excluding hydrogens is 168 g/mol. The summed E-state index contributed by atoms with van der Waals surface area (Å²) in [6.07, 6.45) is 6.39. The van der Waals surface area contributed by atoms with Crippen LogP contribution in [0.3, 0.4) is 0 Å². The molecule has 1 N–H and O–H groups in total. The Balaban J connectivity index is 0.000000132. The molecule has 2 heterocycles. The topological polar surface area (TPSA) is 71.5 Å². The summed E-state index contributed by atoms with van der Waals surface area (Å²) in [7, 11) is 0. The highest BCUT2D eigenvalue weighted by atomic mass is 16.1. The van der Waals surface area contributed by atoms with Crippen LogP contribution < -0.4 is 5.56 Å². The Bertz CT molecular complexity index is 329. The lowest BCUT2D eigenvalue weighted by atomic mass is 10.6. The molecule has 5 nitrogen and oxygen atoms in total. The van der Waals surface area contributed by atoms with E-state index < -0.39 is 0 Å². The first-order valence-corrected chi connectivity index (χ1v) is 3.59. The molecule has 0 radical (unpaired) electrons. The molecule has 0 fully saturated rings. The standard InChI is InChI=1S/C4H4N2O.C4H4N2/c7-4-2-1-3-5-6-4;1-2-5-4-6-3-1/h1-3H,(H,6,7);1-4H. The number of hydrogen-bond donors (Lipinski definition) is 1. The van der Waals surface area contributed by atoms with E-state index >= 15 is 0 Å². The van der Waals surface area contributed by atoms with Gasteiger partial charge in [0.1, 0.15) is 6.33 Å². The summed E-state index contributed by atoms with van der Waals surface area (Å²) in [6.45, 7) is 0. The largest absolute Gasteiger partial charge is 0.268 e. The van der Waals surface area contributed by atoms with Gasteiger partial charge in [-0.05, 0) is 12.1 Å². The van der Waals surface area contributed by atoms with Gasteiger partial charge in [0.05, 0.1) is 0 Å². The number of aromatic nitrogens is 4. The molecule has 0 spiro atoms. The van der Waals surface area contributed by atoms with Gasteiger partial charge < -0.3 is 0 Å². The molecule has 2 rings (SSSR count). The third kappa shape index (κ3) is 4.41. The lowest BCUT2D eigenvalue weighted by Gasteiger charge is -1.72. The van der Waals surface area contributed by atoms with Crippen molar-refractivity contribution in [3.8, 4) is 0 Å². The van der Waals surface area contributed by atoms with E-state index in [0.717, 1.165) is 0 Å². The lowest BCUT2D eigenvalue weighted by molar-refractivity contribution is 0.988. The van der Waals surface area contributed by atoms with Crippen LogP contribution >= 0.6 is 0 Å². The average Bonchev–Trinajstić information content (AvgIpc) is 2.22. The van der Waals surface area contributed by atoms with Crippen molar-refractivity contribution in [2.45, 2.75) is 0 Å². The molecule has 0 unspecified atom stereocenters. The van der Waals surface area contributed by atoms with Gasteiger partial charge in [-0.3, -0.25) is 4.79 Å². The van der Waals surface area contributed by atoms with Crippen molar-refractivity contribution in [3.05, 3.63) is 53.5 Å². The summed E-state index contributed by atoms with van der Waals surface area (Å²) in [4.78, 5) is 17.5. The molecule has 0 aliphatic heterocycles. The zero-order valence-electron chi connectivity index (χ0n) is 6.79. The second kappa shape index (κ2) is 5.59. The van der Waals surface area contributed by atoms with E-state index in [0.29, 0.717) is 0 Å². The third-order valence-electron chi connectivity index (χ3n) is 1.06. The highest BCUT2D eigenvalue weighted by Crippen LogP contribution is 1.66. The summed E-state index contributed by atoms with van der Waals surface area (Å²) in [5, 5.41) is 5.67. The minimum absolute atomic E-state index is 0.164. The number of nitrogens with one attached hydrogen (secondary N) is 1. The van der Waals surface area contributed by atoms with Gasteiger partial charge in [-0.15, -0.1) is 0 Å². The van der Waals surface area contributed by atoms with Crippen LogP contribution in [0.15, 0.2) is 47.9 Å². The van der Waals surface area contributed by atoms with E-state index in [2.05, 4.69) is 20.2 Å². The molecule has 0 saturated heterocycles. The first-order valence-electron chi connectivity index (χ1n) is 3.59. The number of aromatic amines is 1. The van der Waals surface area contributed by atoms with E-state index in [1.54, 1.807) is 24.5 Å². The van der Waals surface area contributed by atoms with Crippen LogP contribution in [0.25, 0.3) is 0 Å². The quantitative estimate of drug-likeness (QED) is 0.624. The molecule has 0 atom stereocenters. The van der Waals surface area contributed by atoms with Gasteiger partial charge in [0.15, 0.2) is 0 Å². The van der Waals surface area contributed by atoms with Crippen LogP contribution in [0.2, 0.25) is 0 Å². The highest BCUT2D eigenvalue weighted by Gasteiger charge is 1.70. The van der Waals surface area contributed by atoms with E-state index in [-0.39, 0.29) is 5.56 Å². The van der Waals surface area contributed by atoms with Gasteiger partial charge in [0.25, 0.3) is 5.56 Å². The van der Waals surface area contributed by atoms with E-state index in [1.807, 2.05) is 0 Å². The molecule has 0 aliphatic carbocycles. The summed E-state index contributed by atoms with van der Waals surface area (Å²) in [5.74, 6) is 0. The van der Waals surface area contributed by atoms with Crippen LogP contribution in [0, 0.1) is 0 Å². The summed E-state index contributed by atoms with van der Waals surface area (Å²) in [6, 6.07) is 4.77. The molecule has 0 saturated carbocycles. The van der Waals surface area contributed by atoms with E-state index in [9.17, 15) is 4.79 Å². The van der Waals surface area contributed by atoms with Crippen LogP contribution in [0.5, 0.6) is 0 Å². The van der Waals surface area contributed by atoms with Gasteiger partial charge in [-0.1, -0.05) is 0 Å². The zero-order valence-corrected chi connectivity index (χ0v) is 6.79. The van der Waals surface area contributed by atoms with Crippen molar-refractivity contribution in [1.82, 2.24) is 20.2 Å². The normalized spacial score (nSPS) is 8.31. The minimum atomic E-state index is -0.164. The Kier molecular flexibility index (Phi) is 3.89. The predicted octanol–water partition coefficient (Wildman–Crippen LogP) is 0.246. The molecular formula is C8H8N4O. The van der Waals surface area contributed by atoms with Crippen molar-refractivity contribution in [2.24, 2.45) is 0 Å². The molecule has 2 aromatic heterocycles. The number of rotatable bonds is 0. The number of H-pyrrole nitrogens is 1.